The number of rotatable bonds is 2. The molecule has 0 radical (unpaired) electrons. The van der Waals surface area contributed by atoms with Gasteiger partial charge in [0.1, 0.15) is 4.90 Å². The van der Waals surface area contributed by atoms with E-state index in [1.54, 1.807) is 22.6 Å². The van der Waals surface area contributed by atoms with E-state index in [0.717, 1.165) is 24.8 Å². The predicted octanol–water partition coefficient (Wildman–Crippen LogP) is 2.31. The zero-order valence-corrected chi connectivity index (χ0v) is 12.3. The van der Waals surface area contributed by atoms with Crippen molar-refractivity contribution in [2.45, 2.75) is 37.1 Å². The lowest BCUT2D eigenvalue weighted by Gasteiger charge is -2.32. The molecule has 6 heteroatoms. The zero-order valence-electron chi connectivity index (χ0n) is 11.5. The van der Waals surface area contributed by atoms with Gasteiger partial charge in [-0.2, -0.15) is 4.31 Å². The number of nitrogens with one attached hydrogen (secondary N) is 1. The van der Waals surface area contributed by atoms with Crippen molar-refractivity contribution in [3.8, 4) is 0 Å². The first-order valence-electron chi connectivity index (χ1n) is 6.88. The van der Waals surface area contributed by atoms with Crippen LogP contribution in [0.25, 0.3) is 10.9 Å². The van der Waals surface area contributed by atoms with Gasteiger partial charge >= 0.3 is 0 Å². The number of nitrogens with two attached hydrogens (primary N) is 1. The summed E-state index contributed by atoms with van der Waals surface area (Å²) >= 11 is 0. The molecule has 3 rings (SSSR count). The van der Waals surface area contributed by atoms with Crippen LogP contribution >= 0.6 is 0 Å². The molecule has 1 atom stereocenters. The summed E-state index contributed by atoms with van der Waals surface area (Å²) in [5, 5.41) is 0.669. The molecule has 3 N–H and O–H groups in total. The van der Waals surface area contributed by atoms with Crippen LogP contribution in [0.4, 0.5) is 5.69 Å². The molecule has 0 spiro atoms. The third kappa shape index (κ3) is 2.09. The highest BCUT2D eigenvalue weighted by atomic mass is 32.2. The van der Waals surface area contributed by atoms with Gasteiger partial charge in [-0.25, -0.2) is 8.42 Å². The van der Waals surface area contributed by atoms with Gasteiger partial charge < -0.3 is 10.7 Å². The summed E-state index contributed by atoms with van der Waals surface area (Å²) in [7, 11) is -3.46. The number of nitrogens with zero attached hydrogens (tertiary/aromatic N) is 1. The largest absolute Gasteiger partial charge is 0.399 e. The van der Waals surface area contributed by atoms with Gasteiger partial charge in [-0.1, -0.05) is 6.42 Å². The van der Waals surface area contributed by atoms with E-state index in [1.807, 2.05) is 13.0 Å². The number of fused-ring (bicyclic) bond motifs is 1. The maximum atomic E-state index is 12.8. The van der Waals surface area contributed by atoms with Gasteiger partial charge in [-0.15, -0.1) is 0 Å². The van der Waals surface area contributed by atoms with E-state index in [-0.39, 0.29) is 6.04 Å². The summed E-state index contributed by atoms with van der Waals surface area (Å²) in [6, 6.07) is 5.34. The lowest BCUT2D eigenvalue weighted by molar-refractivity contribution is 0.269. The summed E-state index contributed by atoms with van der Waals surface area (Å²) < 4.78 is 27.3. The molecule has 20 heavy (non-hydrogen) atoms. The minimum absolute atomic E-state index is 0.0553. The SMILES string of the molecule is CC1CCCCN1S(=O)(=O)c1c[nH]c2ccc(N)cc12. The van der Waals surface area contributed by atoms with Crippen LogP contribution in [0.3, 0.4) is 0 Å². The number of sulfonamides is 1. The number of piperidine rings is 1. The van der Waals surface area contributed by atoms with Crippen molar-refractivity contribution < 1.29 is 8.42 Å². The van der Waals surface area contributed by atoms with Crippen molar-refractivity contribution in [1.29, 1.82) is 0 Å². The highest BCUT2D eigenvalue weighted by molar-refractivity contribution is 7.89. The smallest absolute Gasteiger partial charge is 0.245 e. The molecule has 5 nitrogen and oxygen atoms in total. The van der Waals surface area contributed by atoms with Gasteiger partial charge in [-0.3, -0.25) is 0 Å². The molecular weight excluding hydrogens is 274 g/mol. The average molecular weight is 293 g/mol. The van der Waals surface area contributed by atoms with Crippen molar-refractivity contribution in [3.63, 3.8) is 0 Å². The van der Waals surface area contributed by atoms with E-state index in [1.165, 1.54) is 0 Å². The fourth-order valence-electron chi connectivity index (χ4n) is 2.88. The Hall–Kier alpha value is -1.53. The number of hydrogen-bond acceptors (Lipinski definition) is 3. The van der Waals surface area contributed by atoms with Gasteiger partial charge in [0.25, 0.3) is 0 Å². The lowest BCUT2D eigenvalue weighted by Crippen LogP contribution is -2.41. The number of aromatic amines is 1. The molecular formula is C14H19N3O2S. The summed E-state index contributed by atoms with van der Waals surface area (Å²) in [5.74, 6) is 0. The summed E-state index contributed by atoms with van der Waals surface area (Å²) in [6.45, 7) is 2.57. The molecule has 0 aliphatic carbocycles. The van der Waals surface area contributed by atoms with Gasteiger partial charge in [0.15, 0.2) is 0 Å². The van der Waals surface area contributed by atoms with Crippen molar-refractivity contribution in [3.05, 3.63) is 24.4 Å². The van der Waals surface area contributed by atoms with Crippen LogP contribution in [0.5, 0.6) is 0 Å². The minimum Gasteiger partial charge on any atom is -0.399 e. The quantitative estimate of drug-likeness (QED) is 0.834. The van der Waals surface area contributed by atoms with Crippen LogP contribution < -0.4 is 5.73 Å². The molecule has 0 saturated carbocycles. The number of benzene rings is 1. The van der Waals surface area contributed by atoms with Crippen LogP contribution in [0.1, 0.15) is 26.2 Å². The van der Waals surface area contributed by atoms with Crippen LogP contribution in [0.2, 0.25) is 0 Å². The first-order valence-corrected chi connectivity index (χ1v) is 8.32. The van der Waals surface area contributed by atoms with E-state index in [0.29, 0.717) is 22.5 Å². The number of anilines is 1. The number of aromatic nitrogens is 1. The third-order valence-corrected chi connectivity index (χ3v) is 6.05. The molecule has 1 aliphatic heterocycles. The van der Waals surface area contributed by atoms with Crippen LogP contribution in [0.15, 0.2) is 29.3 Å². The highest BCUT2D eigenvalue weighted by Crippen LogP contribution is 2.30. The van der Waals surface area contributed by atoms with Crippen LogP contribution in [0, 0.1) is 0 Å². The van der Waals surface area contributed by atoms with E-state index in [4.69, 9.17) is 5.73 Å². The van der Waals surface area contributed by atoms with E-state index in [9.17, 15) is 8.42 Å². The van der Waals surface area contributed by atoms with Crippen molar-refractivity contribution in [1.82, 2.24) is 9.29 Å². The van der Waals surface area contributed by atoms with E-state index in [2.05, 4.69) is 4.98 Å². The van der Waals surface area contributed by atoms with Gasteiger partial charge in [0.2, 0.25) is 10.0 Å². The predicted molar refractivity (Wildman–Crippen MR) is 79.9 cm³/mol. The molecule has 1 saturated heterocycles. The van der Waals surface area contributed by atoms with Gasteiger partial charge in [0.05, 0.1) is 0 Å². The first kappa shape index (κ1) is 13.5. The fourth-order valence-corrected chi connectivity index (χ4v) is 4.74. The second kappa shape index (κ2) is 4.79. The average Bonchev–Trinajstić information content (AvgIpc) is 2.82. The monoisotopic (exact) mass is 293 g/mol. The highest BCUT2D eigenvalue weighted by Gasteiger charge is 2.32. The Bertz CT molecular complexity index is 736. The first-order chi connectivity index (χ1) is 9.50. The zero-order chi connectivity index (χ0) is 14.3. The number of nitrogen functional groups attached to an aromatic ring is 1. The standard InChI is InChI=1S/C14H19N3O2S/c1-10-4-2-3-7-17(10)20(18,19)14-9-16-13-6-5-11(15)8-12(13)14/h5-6,8-10,16H,2-4,7,15H2,1H3. The molecule has 1 unspecified atom stereocenters. The minimum atomic E-state index is -3.46. The molecule has 2 aromatic rings. The second-order valence-corrected chi connectivity index (χ2v) is 7.28. The Labute approximate surface area is 118 Å². The Kier molecular flexibility index (Phi) is 3.22. The molecule has 108 valence electrons. The van der Waals surface area contributed by atoms with Gasteiger partial charge in [-0.05, 0) is 38.0 Å². The van der Waals surface area contributed by atoms with Crippen LogP contribution in [-0.2, 0) is 10.0 Å². The van der Waals surface area contributed by atoms with Gasteiger partial charge in [0, 0.05) is 35.4 Å². The second-order valence-electron chi connectivity index (χ2n) is 5.42. The topological polar surface area (TPSA) is 79.2 Å². The molecule has 0 bridgehead atoms. The van der Waals surface area contributed by atoms with Crippen molar-refractivity contribution >= 4 is 26.6 Å². The molecule has 1 fully saturated rings. The molecule has 1 aromatic carbocycles. The van der Waals surface area contributed by atoms with Crippen molar-refractivity contribution in [2.75, 3.05) is 12.3 Å². The normalized spacial score (nSPS) is 21.4. The maximum absolute atomic E-state index is 12.8. The molecule has 1 aliphatic rings. The van der Waals surface area contributed by atoms with E-state index >= 15 is 0 Å². The summed E-state index contributed by atoms with van der Waals surface area (Å²) in [5.41, 5.74) is 7.14. The summed E-state index contributed by atoms with van der Waals surface area (Å²) in [4.78, 5) is 3.34. The third-order valence-electron chi connectivity index (χ3n) is 4.00. The molecule has 1 aromatic heterocycles. The Morgan fingerprint density at radius 2 is 2.15 bits per heavy atom. The Balaban J connectivity index is 2.11. The summed E-state index contributed by atoms with van der Waals surface area (Å²) in [6.07, 6.45) is 4.51. The maximum Gasteiger partial charge on any atom is 0.245 e. The van der Waals surface area contributed by atoms with Crippen molar-refractivity contribution in [2.24, 2.45) is 0 Å². The van der Waals surface area contributed by atoms with Crippen LogP contribution in [-0.4, -0.2) is 30.3 Å². The molecule has 0 amide bonds. The Morgan fingerprint density at radius 3 is 2.90 bits per heavy atom. The number of H-pyrrole nitrogens is 1. The molecule has 2 heterocycles. The Morgan fingerprint density at radius 1 is 1.35 bits per heavy atom. The lowest BCUT2D eigenvalue weighted by atomic mass is 10.1. The number of hydrogen-bond donors (Lipinski definition) is 2. The fraction of sp³-hybridized carbons (Fsp3) is 0.429. The van der Waals surface area contributed by atoms with E-state index < -0.39 is 10.0 Å².